The number of carbonyl (C=O) groups is 2. The lowest BCUT2D eigenvalue weighted by Gasteiger charge is -2.25. The molecule has 0 saturated carbocycles. The first kappa shape index (κ1) is 20.5. The lowest BCUT2D eigenvalue weighted by atomic mass is 9.81. The highest BCUT2D eigenvalue weighted by Crippen LogP contribution is 2.37. The third kappa shape index (κ3) is 3.58. The first-order valence-electron chi connectivity index (χ1n) is 10.3. The van der Waals surface area contributed by atoms with Crippen LogP contribution in [0.25, 0.3) is 0 Å². The molecule has 4 rings (SSSR count). The van der Waals surface area contributed by atoms with Crippen LogP contribution in [0.2, 0.25) is 5.02 Å². The van der Waals surface area contributed by atoms with Crippen molar-refractivity contribution in [1.29, 1.82) is 0 Å². The molecule has 1 fully saturated rings. The Bertz CT molecular complexity index is 1020. The van der Waals surface area contributed by atoms with Crippen molar-refractivity contribution in [3.8, 4) is 0 Å². The molecule has 7 nitrogen and oxygen atoms in total. The molecule has 2 amide bonds. The molecular formula is C22H26ClN5O2. The Morgan fingerprint density at radius 2 is 2.13 bits per heavy atom. The van der Waals surface area contributed by atoms with Crippen molar-refractivity contribution in [2.75, 3.05) is 12.3 Å². The lowest BCUT2D eigenvalue weighted by Crippen LogP contribution is -2.37. The van der Waals surface area contributed by atoms with Gasteiger partial charge in [0.25, 0.3) is 5.91 Å². The number of rotatable bonds is 5. The molecular weight excluding hydrogens is 402 g/mol. The van der Waals surface area contributed by atoms with Crippen LogP contribution in [-0.2, 0) is 24.2 Å². The molecule has 4 N–H and O–H groups in total. The zero-order chi connectivity index (χ0) is 21.4. The predicted octanol–water partition coefficient (Wildman–Crippen LogP) is 2.67. The molecule has 1 aromatic carbocycles. The molecule has 0 radical (unpaired) electrons. The average molecular weight is 428 g/mol. The number of anilines is 1. The van der Waals surface area contributed by atoms with Gasteiger partial charge >= 0.3 is 0 Å². The monoisotopic (exact) mass is 427 g/mol. The van der Waals surface area contributed by atoms with Crippen LogP contribution in [0.4, 0.5) is 5.82 Å². The van der Waals surface area contributed by atoms with Crippen molar-refractivity contribution in [1.82, 2.24) is 14.7 Å². The molecule has 2 atom stereocenters. The summed E-state index contributed by atoms with van der Waals surface area (Å²) in [6.45, 7) is 4.70. The molecule has 30 heavy (non-hydrogen) atoms. The van der Waals surface area contributed by atoms with E-state index < -0.39 is 5.91 Å². The van der Waals surface area contributed by atoms with Crippen molar-refractivity contribution >= 4 is 29.2 Å². The number of nitrogens with two attached hydrogens (primary N) is 2. The first-order valence-corrected chi connectivity index (χ1v) is 10.6. The molecule has 2 aliphatic rings. The molecule has 0 spiro atoms. The smallest absolute Gasteiger partial charge is 0.254 e. The molecule has 2 aromatic rings. The largest absolute Gasteiger partial charge is 0.383 e. The van der Waals surface area contributed by atoms with Crippen LogP contribution in [-0.4, -0.2) is 39.1 Å². The number of aromatic nitrogens is 2. The standard InChI is InChI=1S/C22H26ClN5O2/c1-2-18(29)27-10-4-6-15(27)12-28-21(24)19(22(25)30)20(26-28)14-8-9-16-13(11-14)5-3-7-17(16)23/h2-3,5,7,14-15H,1,4,6,8-12,24H2,(H2,25,30)/t14-,15+/m1/s1. The van der Waals surface area contributed by atoms with E-state index in [0.29, 0.717) is 24.3 Å². The number of carbonyl (C=O) groups excluding carboxylic acids is 2. The fourth-order valence-electron chi connectivity index (χ4n) is 4.80. The molecule has 1 aliphatic carbocycles. The predicted molar refractivity (Wildman–Crippen MR) is 116 cm³/mol. The SMILES string of the molecule is C=CC(=O)N1CCC[C@H]1Cn1nc([C@@H]2CCc3c(Cl)cccc3C2)c(C(N)=O)c1N. The van der Waals surface area contributed by atoms with E-state index in [4.69, 9.17) is 28.2 Å². The quantitative estimate of drug-likeness (QED) is 0.715. The van der Waals surface area contributed by atoms with Crippen molar-refractivity contribution in [3.05, 3.63) is 58.3 Å². The van der Waals surface area contributed by atoms with E-state index in [1.54, 1.807) is 9.58 Å². The van der Waals surface area contributed by atoms with Gasteiger partial charge in [0.15, 0.2) is 0 Å². The number of hydrogen-bond donors (Lipinski definition) is 2. The second kappa shape index (κ2) is 8.14. The van der Waals surface area contributed by atoms with Crippen molar-refractivity contribution in [2.45, 2.75) is 50.6 Å². The van der Waals surface area contributed by atoms with Gasteiger partial charge < -0.3 is 16.4 Å². The minimum atomic E-state index is -0.573. The fourth-order valence-corrected chi connectivity index (χ4v) is 5.09. The van der Waals surface area contributed by atoms with E-state index in [9.17, 15) is 9.59 Å². The van der Waals surface area contributed by atoms with E-state index in [1.165, 1.54) is 11.6 Å². The number of fused-ring (bicyclic) bond motifs is 1. The zero-order valence-corrected chi connectivity index (χ0v) is 17.6. The Kier molecular flexibility index (Phi) is 5.56. The average Bonchev–Trinajstić information content (AvgIpc) is 3.32. The Morgan fingerprint density at radius 3 is 2.87 bits per heavy atom. The number of hydrogen-bond acceptors (Lipinski definition) is 4. The zero-order valence-electron chi connectivity index (χ0n) is 16.8. The maximum atomic E-state index is 12.2. The Hall–Kier alpha value is -2.80. The summed E-state index contributed by atoms with van der Waals surface area (Å²) >= 11 is 6.34. The Morgan fingerprint density at radius 1 is 1.33 bits per heavy atom. The van der Waals surface area contributed by atoms with Crippen LogP contribution < -0.4 is 11.5 Å². The molecule has 0 bridgehead atoms. The summed E-state index contributed by atoms with van der Waals surface area (Å²) in [7, 11) is 0. The Labute approximate surface area is 180 Å². The number of nitrogens with zero attached hydrogens (tertiary/aromatic N) is 3. The maximum absolute atomic E-state index is 12.2. The molecule has 1 aromatic heterocycles. The topological polar surface area (TPSA) is 107 Å². The summed E-state index contributed by atoms with van der Waals surface area (Å²) in [6.07, 6.45) is 5.47. The third-order valence-corrected chi connectivity index (χ3v) is 6.65. The van der Waals surface area contributed by atoms with Crippen LogP contribution in [0.3, 0.4) is 0 Å². The number of likely N-dealkylation sites (tertiary alicyclic amines) is 1. The summed E-state index contributed by atoms with van der Waals surface area (Å²) in [6, 6.07) is 5.88. The van der Waals surface area contributed by atoms with E-state index in [2.05, 4.69) is 12.6 Å². The highest BCUT2D eigenvalue weighted by Gasteiger charge is 2.33. The van der Waals surface area contributed by atoms with Gasteiger partial charge in [0.1, 0.15) is 11.4 Å². The fraction of sp³-hybridized carbons (Fsp3) is 0.409. The summed E-state index contributed by atoms with van der Waals surface area (Å²) in [4.78, 5) is 26.2. The maximum Gasteiger partial charge on any atom is 0.254 e. The molecule has 1 saturated heterocycles. The normalized spacial score (nSPS) is 20.8. The van der Waals surface area contributed by atoms with E-state index >= 15 is 0 Å². The van der Waals surface area contributed by atoms with Crippen LogP contribution in [0.5, 0.6) is 0 Å². The first-order chi connectivity index (χ1) is 14.4. The van der Waals surface area contributed by atoms with Gasteiger partial charge in [-0.25, -0.2) is 4.68 Å². The summed E-state index contributed by atoms with van der Waals surface area (Å²) in [5.41, 5.74) is 15.3. The van der Waals surface area contributed by atoms with Gasteiger partial charge in [0.05, 0.1) is 18.3 Å². The second-order valence-corrected chi connectivity index (χ2v) is 8.45. The number of primary amides is 1. The van der Waals surface area contributed by atoms with E-state index in [-0.39, 0.29) is 23.7 Å². The van der Waals surface area contributed by atoms with Crippen molar-refractivity contribution < 1.29 is 9.59 Å². The highest BCUT2D eigenvalue weighted by atomic mass is 35.5. The minimum absolute atomic E-state index is 0.0304. The van der Waals surface area contributed by atoms with Crippen LogP contribution in [0, 0.1) is 0 Å². The van der Waals surface area contributed by atoms with Gasteiger partial charge in [-0.1, -0.05) is 30.3 Å². The third-order valence-electron chi connectivity index (χ3n) is 6.30. The van der Waals surface area contributed by atoms with Crippen molar-refractivity contribution in [2.24, 2.45) is 5.73 Å². The van der Waals surface area contributed by atoms with Gasteiger partial charge in [-0.3, -0.25) is 9.59 Å². The second-order valence-electron chi connectivity index (χ2n) is 8.04. The number of benzene rings is 1. The van der Waals surface area contributed by atoms with Crippen LogP contribution >= 0.6 is 11.6 Å². The van der Waals surface area contributed by atoms with Crippen molar-refractivity contribution in [3.63, 3.8) is 0 Å². The number of nitrogen functional groups attached to an aromatic ring is 1. The number of amides is 2. The summed E-state index contributed by atoms with van der Waals surface area (Å²) in [5, 5.41) is 5.50. The van der Waals surface area contributed by atoms with Crippen LogP contribution in [0.15, 0.2) is 30.9 Å². The van der Waals surface area contributed by atoms with E-state index in [0.717, 1.165) is 42.7 Å². The molecule has 2 heterocycles. The molecule has 0 unspecified atom stereocenters. The van der Waals surface area contributed by atoms with E-state index in [1.807, 2.05) is 12.1 Å². The van der Waals surface area contributed by atoms with Gasteiger partial charge in [-0.15, -0.1) is 0 Å². The summed E-state index contributed by atoms with van der Waals surface area (Å²) in [5.74, 6) is -0.362. The van der Waals surface area contributed by atoms with Gasteiger partial charge in [0, 0.05) is 17.5 Å². The minimum Gasteiger partial charge on any atom is -0.383 e. The Balaban J connectivity index is 1.64. The molecule has 158 valence electrons. The van der Waals surface area contributed by atoms with Gasteiger partial charge in [-0.05, 0) is 55.4 Å². The molecule has 8 heteroatoms. The summed E-state index contributed by atoms with van der Waals surface area (Å²) < 4.78 is 1.64. The lowest BCUT2D eigenvalue weighted by molar-refractivity contribution is -0.127. The highest BCUT2D eigenvalue weighted by molar-refractivity contribution is 6.31. The number of halogens is 1. The van der Waals surface area contributed by atoms with Crippen LogP contribution in [0.1, 0.15) is 52.4 Å². The van der Waals surface area contributed by atoms with Gasteiger partial charge in [0.2, 0.25) is 5.91 Å². The molecule has 1 aliphatic heterocycles. The van der Waals surface area contributed by atoms with Gasteiger partial charge in [-0.2, -0.15) is 5.10 Å².